The maximum Gasteiger partial charge on any atom is 0.101 e. The quantitative estimate of drug-likeness (QED) is 0.670. The molecule has 1 aliphatic rings. The summed E-state index contributed by atoms with van der Waals surface area (Å²) in [4.78, 5) is 2.13. The Morgan fingerprint density at radius 2 is 2.21 bits per heavy atom. The van der Waals surface area contributed by atoms with Gasteiger partial charge in [0.2, 0.25) is 0 Å². The highest BCUT2D eigenvalue weighted by atomic mass is 16.5. The molecule has 0 atom stereocenters. The molecular weight excluding hydrogens is 176 g/mol. The van der Waals surface area contributed by atoms with Gasteiger partial charge < -0.3 is 9.64 Å². The van der Waals surface area contributed by atoms with Crippen molar-refractivity contribution in [3.8, 4) is 6.07 Å². The third-order valence-corrected chi connectivity index (χ3v) is 2.31. The lowest BCUT2D eigenvalue weighted by Crippen LogP contribution is -2.36. The molecule has 2 rings (SSSR count). The summed E-state index contributed by atoms with van der Waals surface area (Å²) in [5.74, 6) is 0. The summed E-state index contributed by atoms with van der Waals surface area (Å²) in [5, 5.41) is 8.98. The van der Waals surface area contributed by atoms with Gasteiger partial charge in [0, 0.05) is 13.1 Å². The van der Waals surface area contributed by atoms with Crippen LogP contribution < -0.4 is 4.90 Å². The first-order valence-corrected chi connectivity index (χ1v) is 4.65. The Morgan fingerprint density at radius 3 is 2.93 bits per heavy atom. The third-order valence-electron chi connectivity index (χ3n) is 2.31. The molecule has 0 N–H and O–H groups in total. The van der Waals surface area contributed by atoms with Crippen LogP contribution in [0.1, 0.15) is 6.93 Å². The van der Waals surface area contributed by atoms with Gasteiger partial charge >= 0.3 is 0 Å². The van der Waals surface area contributed by atoms with Gasteiger partial charge in [-0.15, -0.1) is 0 Å². The van der Waals surface area contributed by atoms with E-state index < -0.39 is 0 Å². The fourth-order valence-electron chi connectivity index (χ4n) is 1.59. The Bertz CT molecular complexity index is 394. The van der Waals surface area contributed by atoms with Gasteiger partial charge in [0.15, 0.2) is 0 Å². The summed E-state index contributed by atoms with van der Waals surface area (Å²) in [6, 6.07) is 7.66. The topological polar surface area (TPSA) is 36.3 Å². The normalized spacial score (nSPS) is 17.4. The van der Waals surface area contributed by atoms with Crippen LogP contribution in [0.4, 0.5) is 5.69 Å². The molecule has 1 heterocycles. The molecule has 0 amide bonds. The van der Waals surface area contributed by atoms with Crippen molar-refractivity contribution < 1.29 is 6.11 Å². The average molecular weight is 189 g/mol. The van der Waals surface area contributed by atoms with Crippen LogP contribution in [0.25, 0.3) is 0 Å². The van der Waals surface area contributed by atoms with Crippen LogP contribution in [0.2, 0.25) is 0 Å². The van der Waals surface area contributed by atoms with Crippen LogP contribution in [0.15, 0.2) is 24.2 Å². The van der Waals surface area contributed by atoms with E-state index in [1.165, 1.54) is 0 Å². The summed E-state index contributed by atoms with van der Waals surface area (Å²) < 4.78 is 12.7. The summed E-state index contributed by atoms with van der Waals surface area (Å²) in [7, 11) is 0. The molecule has 14 heavy (non-hydrogen) atoms. The number of hydrogen-bond donors (Lipinski definition) is 0. The molecule has 1 aliphatic heterocycles. The van der Waals surface area contributed by atoms with Gasteiger partial charge in [0.05, 0.1) is 25.8 Å². The monoisotopic (exact) mass is 189 g/mol. The molecule has 0 spiro atoms. The van der Waals surface area contributed by atoms with Crippen molar-refractivity contribution in [3.05, 3.63) is 29.8 Å². The maximum atomic E-state index is 8.98. The van der Waals surface area contributed by atoms with E-state index in [0.717, 1.165) is 18.8 Å². The molecule has 0 unspecified atom stereocenters. The summed E-state index contributed by atoms with van der Waals surface area (Å²) in [6.45, 7) is 3.03. The zero-order valence-electron chi connectivity index (χ0n) is 8.86. The number of benzene rings is 1. The zero-order valence-corrected chi connectivity index (χ0v) is 7.86. The smallest absolute Gasteiger partial charge is 0.101 e. The number of nitriles is 1. The minimum atomic E-state index is 0.378. The van der Waals surface area contributed by atoms with Gasteiger partial charge in [-0.1, -0.05) is 12.1 Å². The van der Waals surface area contributed by atoms with Crippen LogP contribution in [0.5, 0.6) is 0 Å². The predicted molar refractivity (Wildman–Crippen MR) is 54.2 cm³/mol. The van der Waals surface area contributed by atoms with E-state index in [0.29, 0.717) is 24.8 Å². The lowest BCUT2D eigenvalue weighted by Gasteiger charge is -2.29. The number of para-hydroxylation sites is 1. The lowest BCUT2D eigenvalue weighted by molar-refractivity contribution is 0.122. The number of ether oxygens (including phenoxy) is 1. The van der Waals surface area contributed by atoms with Crippen molar-refractivity contribution in [2.45, 2.75) is 0 Å². The van der Waals surface area contributed by atoms with E-state index in [1.54, 1.807) is 12.1 Å². The van der Waals surface area contributed by atoms with E-state index in [-0.39, 0.29) is 0 Å². The van der Waals surface area contributed by atoms with Crippen LogP contribution in [0.3, 0.4) is 0 Å². The first-order chi connectivity index (χ1) is 7.31. The van der Waals surface area contributed by atoms with E-state index in [4.69, 9.17) is 11.4 Å². The van der Waals surface area contributed by atoms with Crippen molar-refractivity contribution in [2.24, 2.45) is 0 Å². The summed E-state index contributed by atoms with van der Waals surface area (Å²) in [5.41, 5.74) is 1.49. The molecule has 0 radical (unpaired) electrons. The summed E-state index contributed by atoms with van der Waals surface area (Å²) in [6.07, 6.45) is 0. The van der Waals surface area contributed by atoms with Crippen LogP contribution in [-0.4, -0.2) is 26.3 Å². The Kier molecular flexibility index (Phi) is 2.31. The minimum Gasteiger partial charge on any atom is -0.378 e. The Hall–Kier alpha value is -1.53. The van der Waals surface area contributed by atoms with Crippen molar-refractivity contribution in [1.82, 2.24) is 0 Å². The second-order valence-corrected chi connectivity index (χ2v) is 3.15. The molecular formula is C11H12N2O. The van der Waals surface area contributed by atoms with Crippen molar-refractivity contribution in [2.75, 3.05) is 31.2 Å². The van der Waals surface area contributed by atoms with Crippen LogP contribution in [-0.2, 0) is 4.74 Å². The van der Waals surface area contributed by atoms with Gasteiger partial charge in [0.25, 0.3) is 0 Å². The van der Waals surface area contributed by atoms with Gasteiger partial charge in [-0.05, 0) is 12.1 Å². The fraction of sp³-hybridized carbons (Fsp3) is 0.364. The standard InChI is InChI=1S/C11H12N2O/c12-9-10-3-1-2-4-11(10)13-5-7-14-8-6-13/h1-4H,5-8H2/i1D. The molecule has 1 aromatic rings. The fourth-order valence-corrected chi connectivity index (χ4v) is 1.59. The second-order valence-electron chi connectivity index (χ2n) is 3.15. The molecule has 0 saturated carbocycles. The summed E-state index contributed by atoms with van der Waals surface area (Å²) >= 11 is 0. The Balaban J connectivity index is 2.30. The number of rotatable bonds is 1. The second kappa shape index (κ2) is 4.12. The van der Waals surface area contributed by atoms with E-state index in [1.807, 2.05) is 6.07 Å². The third kappa shape index (κ3) is 1.70. The molecule has 72 valence electrons. The maximum absolute atomic E-state index is 8.98. The first kappa shape index (κ1) is 7.84. The molecule has 3 nitrogen and oxygen atoms in total. The zero-order chi connectivity index (χ0) is 10.7. The molecule has 0 aliphatic carbocycles. The number of morpholine rings is 1. The molecule has 0 bridgehead atoms. The van der Waals surface area contributed by atoms with E-state index in [2.05, 4.69) is 11.0 Å². The van der Waals surface area contributed by atoms with E-state index >= 15 is 0 Å². The molecule has 3 heteroatoms. The van der Waals surface area contributed by atoms with Crippen LogP contribution in [0, 0.1) is 11.3 Å². The van der Waals surface area contributed by atoms with Crippen LogP contribution >= 0.6 is 0 Å². The van der Waals surface area contributed by atoms with Crippen molar-refractivity contribution >= 4 is 5.69 Å². The first-order valence-electron chi connectivity index (χ1n) is 5.15. The van der Waals surface area contributed by atoms with Gasteiger partial charge in [0.1, 0.15) is 6.07 Å². The number of anilines is 1. The molecule has 1 aromatic carbocycles. The Morgan fingerprint density at radius 1 is 1.43 bits per heavy atom. The highest BCUT2D eigenvalue weighted by molar-refractivity contribution is 5.59. The molecule has 1 saturated heterocycles. The number of hydrogen-bond acceptors (Lipinski definition) is 3. The largest absolute Gasteiger partial charge is 0.378 e. The van der Waals surface area contributed by atoms with E-state index in [9.17, 15) is 0 Å². The Labute approximate surface area is 84.9 Å². The van der Waals surface area contributed by atoms with Gasteiger partial charge in [-0.25, -0.2) is 0 Å². The van der Waals surface area contributed by atoms with Gasteiger partial charge in [-0.2, -0.15) is 5.26 Å². The predicted octanol–water partition coefficient (Wildman–Crippen LogP) is 1.39. The highest BCUT2D eigenvalue weighted by Gasteiger charge is 2.13. The lowest BCUT2D eigenvalue weighted by atomic mass is 10.1. The molecule has 0 aromatic heterocycles. The van der Waals surface area contributed by atoms with Crippen molar-refractivity contribution in [3.63, 3.8) is 0 Å². The average Bonchev–Trinajstić information content (AvgIpc) is 2.30. The van der Waals surface area contributed by atoms with Crippen molar-refractivity contribution in [1.29, 1.82) is 5.26 Å². The molecule has 1 fully saturated rings. The van der Waals surface area contributed by atoms with Gasteiger partial charge in [-0.3, -0.25) is 0 Å². The SMILES string of the molecule is [2H]c1ccc(N2CCOCC2)c(C#N)c1. The minimum absolute atomic E-state index is 0.378. The highest BCUT2D eigenvalue weighted by Crippen LogP contribution is 2.20. The number of nitrogens with zero attached hydrogens (tertiary/aromatic N) is 2.